The predicted molar refractivity (Wildman–Crippen MR) is 97.9 cm³/mol. The van der Waals surface area contributed by atoms with Gasteiger partial charge in [0.1, 0.15) is 5.82 Å². The van der Waals surface area contributed by atoms with Crippen LogP contribution in [0.25, 0.3) is 11.0 Å². The van der Waals surface area contributed by atoms with Crippen molar-refractivity contribution in [1.82, 2.24) is 19.4 Å². The minimum Gasteiger partial charge on any atom is -0.330 e. The molecule has 0 spiro atoms. The first-order valence-corrected chi connectivity index (χ1v) is 8.58. The molecular weight excluding hydrogens is 338 g/mol. The van der Waals surface area contributed by atoms with E-state index in [0.717, 1.165) is 23.3 Å². The lowest BCUT2D eigenvalue weighted by Crippen LogP contribution is -2.33. The van der Waals surface area contributed by atoms with E-state index in [0.29, 0.717) is 23.8 Å². The SMILES string of the molecule is Cn1c([C@H]2CCN(C(=O)Nc3ccccc3Cl)C2)nc2ccncc21. The van der Waals surface area contributed by atoms with Crippen molar-refractivity contribution in [3.05, 3.63) is 53.6 Å². The monoisotopic (exact) mass is 355 g/mol. The summed E-state index contributed by atoms with van der Waals surface area (Å²) in [6.07, 6.45) is 4.46. The average molecular weight is 356 g/mol. The van der Waals surface area contributed by atoms with Gasteiger partial charge >= 0.3 is 6.03 Å². The summed E-state index contributed by atoms with van der Waals surface area (Å²) in [6, 6.07) is 9.03. The maximum atomic E-state index is 12.5. The summed E-state index contributed by atoms with van der Waals surface area (Å²) >= 11 is 6.11. The van der Waals surface area contributed by atoms with Crippen molar-refractivity contribution >= 4 is 34.4 Å². The molecule has 2 amide bonds. The molecular formula is C18H18ClN5O. The Hall–Kier alpha value is -2.60. The van der Waals surface area contributed by atoms with Crippen LogP contribution >= 0.6 is 11.6 Å². The van der Waals surface area contributed by atoms with Crippen molar-refractivity contribution in [1.29, 1.82) is 0 Å². The molecule has 0 bridgehead atoms. The first-order chi connectivity index (χ1) is 12.1. The predicted octanol–water partition coefficient (Wildman–Crippen LogP) is 3.64. The number of benzene rings is 1. The molecule has 25 heavy (non-hydrogen) atoms. The Balaban J connectivity index is 1.50. The highest BCUT2D eigenvalue weighted by molar-refractivity contribution is 6.33. The van der Waals surface area contributed by atoms with Crippen LogP contribution in [0, 0.1) is 0 Å². The summed E-state index contributed by atoms with van der Waals surface area (Å²) in [4.78, 5) is 23.2. The second kappa shape index (κ2) is 6.37. The molecule has 0 unspecified atom stereocenters. The lowest BCUT2D eigenvalue weighted by molar-refractivity contribution is 0.222. The number of nitrogens with one attached hydrogen (secondary N) is 1. The Morgan fingerprint density at radius 2 is 2.16 bits per heavy atom. The first kappa shape index (κ1) is 15.9. The van der Waals surface area contributed by atoms with E-state index in [1.54, 1.807) is 18.3 Å². The number of hydrogen-bond acceptors (Lipinski definition) is 3. The fourth-order valence-electron chi connectivity index (χ4n) is 3.33. The fraction of sp³-hybridized carbons (Fsp3) is 0.278. The minimum absolute atomic E-state index is 0.129. The summed E-state index contributed by atoms with van der Waals surface area (Å²) in [5.41, 5.74) is 2.58. The molecule has 0 aliphatic carbocycles. The van der Waals surface area contributed by atoms with Gasteiger partial charge < -0.3 is 14.8 Å². The number of imidazole rings is 1. The minimum atomic E-state index is -0.129. The quantitative estimate of drug-likeness (QED) is 0.763. The summed E-state index contributed by atoms with van der Waals surface area (Å²) in [6.45, 7) is 1.34. The van der Waals surface area contributed by atoms with Gasteiger partial charge in [-0.05, 0) is 24.6 Å². The number of halogens is 1. The first-order valence-electron chi connectivity index (χ1n) is 8.20. The van der Waals surface area contributed by atoms with Gasteiger partial charge in [0.05, 0.1) is 27.9 Å². The summed E-state index contributed by atoms with van der Waals surface area (Å²) in [5.74, 6) is 1.21. The Morgan fingerprint density at radius 3 is 2.96 bits per heavy atom. The highest BCUT2D eigenvalue weighted by Gasteiger charge is 2.30. The van der Waals surface area contributed by atoms with Crippen LogP contribution in [0.2, 0.25) is 5.02 Å². The number of pyridine rings is 1. The molecule has 128 valence electrons. The number of amides is 2. The molecule has 1 aliphatic heterocycles. The van der Waals surface area contributed by atoms with Crippen molar-refractivity contribution < 1.29 is 4.79 Å². The smallest absolute Gasteiger partial charge is 0.321 e. The van der Waals surface area contributed by atoms with Crippen molar-refractivity contribution in [2.45, 2.75) is 12.3 Å². The van der Waals surface area contributed by atoms with E-state index < -0.39 is 0 Å². The maximum absolute atomic E-state index is 12.5. The summed E-state index contributed by atoms with van der Waals surface area (Å²) < 4.78 is 2.07. The van der Waals surface area contributed by atoms with E-state index in [1.165, 1.54) is 0 Å². The van der Waals surface area contributed by atoms with Gasteiger partial charge in [-0.25, -0.2) is 9.78 Å². The number of carbonyl (C=O) groups is 1. The second-order valence-electron chi connectivity index (χ2n) is 6.24. The summed E-state index contributed by atoms with van der Waals surface area (Å²) in [5, 5.41) is 3.42. The van der Waals surface area contributed by atoms with Crippen LogP contribution in [0.5, 0.6) is 0 Å². The number of aryl methyl sites for hydroxylation is 1. The molecule has 0 radical (unpaired) electrons. The topological polar surface area (TPSA) is 63.1 Å². The number of nitrogens with zero attached hydrogens (tertiary/aromatic N) is 4. The maximum Gasteiger partial charge on any atom is 0.321 e. The third-order valence-corrected chi connectivity index (χ3v) is 5.00. The standard InChI is InChI=1S/C18H18ClN5O/c1-23-16-10-20-8-6-15(16)21-17(23)12-7-9-24(11-12)18(25)22-14-5-3-2-4-13(14)19/h2-6,8,10,12H,7,9,11H2,1H3,(H,22,25)/t12-/m0/s1. The fourth-order valence-corrected chi connectivity index (χ4v) is 3.51. The highest BCUT2D eigenvalue weighted by Crippen LogP contribution is 2.29. The van der Waals surface area contributed by atoms with Gasteiger partial charge in [0, 0.05) is 32.3 Å². The Labute approximate surface area is 150 Å². The lowest BCUT2D eigenvalue weighted by atomic mass is 10.1. The molecule has 2 aromatic heterocycles. The van der Waals surface area contributed by atoms with Gasteiger partial charge in [0.15, 0.2) is 0 Å². The average Bonchev–Trinajstić information content (AvgIpc) is 3.22. The number of anilines is 1. The van der Waals surface area contributed by atoms with Crippen LogP contribution < -0.4 is 5.32 Å². The van der Waals surface area contributed by atoms with Crippen molar-refractivity contribution in [2.24, 2.45) is 7.05 Å². The van der Waals surface area contributed by atoms with E-state index in [2.05, 4.69) is 14.9 Å². The third-order valence-electron chi connectivity index (χ3n) is 4.67. The molecule has 4 rings (SSSR count). The molecule has 3 heterocycles. The van der Waals surface area contributed by atoms with Gasteiger partial charge in [-0.1, -0.05) is 23.7 Å². The van der Waals surface area contributed by atoms with E-state index >= 15 is 0 Å². The van der Waals surface area contributed by atoms with Crippen LogP contribution in [-0.2, 0) is 7.05 Å². The number of fused-ring (bicyclic) bond motifs is 1. The second-order valence-corrected chi connectivity index (χ2v) is 6.64. The van der Waals surface area contributed by atoms with E-state index in [9.17, 15) is 4.79 Å². The zero-order chi connectivity index (χ0) is 17.4. The Kier molecular flexibility index (Phi) is 4.05. The molecule has 1 aliphatic rings. The Morgan fingerprint density at radius 1 is 1.32 bits per heavy atom. The molecule has 7 heteroatoms. The number of carbonyl (C=O) groups excluding carboxylic acids is 1. The van der Waals surface area contributed by atoms with Crippen molar-refractivity contribution in [3.63, 3.8) is 0 Å². The van der Waals surface area contributed by atoms with Crippen molar-refractivity contribution in [2.75, 3.05) is 18.4 Å². The molecule has 1 atom stereocenters. The number of urea groups is 1. The van der Waals surface area contributed by atoms with Gasteiger partial charge in [0.2, 0.25) is 0 Å². The van der Waals surface area contributed by atoms with Gasteiger partial charge in [-0.2, -0.15) is 0 Å². The molecule has 1 aromatic carbocycles. The zero-order valence-corrected chi connectivity index (χ0v) is 14.6. The van der Waals surface area contributed by atoms with E-state index in [-0.39, 0.29) is 11.9 Å². The summed E-state index contributed by atoms with van der Waals surface area (Å²) in [7, 11) is 2.00. The van der Waals surface area contributed by atoms with Crippen molar-refractivity contribution in [3.8, 4) is 0 Å². The molecule has 3 aromatic rings. The number of likely N-dealkylation sites (tertiary alicyclic amines) is 1. The zero-order valence-electron chi connectivity index (χ0n) is 13.8. The lowest BCUT2D eigenvalue weighted by Gasteiger charge is -2.18. The number of hydrogen-bond donors (Lipinski definition) is 1. The van der Waals surface area contributed by atoms with E-state index in [1.807, 2.05) is 36.3 Å². The van der Waals surface area contributed by atoms with Crippen LogP contribution in [0.1, 0.15) is 18.2 Å². The number of para-hydroxylation sites is 1. The van der Waals surface area contributed by atoms with Gasteiger partial charge in [-0.15, -0.1) is 0 Å². The van der Waals surface area contributed by atoms with Gasteiger partial charge in [-0.3, -0.25) is 4.98 Å². The van der Waals surface area contributed by atoms with E-state index in [4.69, 9.17) is 16.6 Å². The number of rotatable bonds is 2. The third kappa shape index (κ3) is 2.93. The normalized spacial score (nSPS) is 17.2. The highest BCUT2D eigenvalue weighted by atomic mass is 35.5. The Bertz CT molecular complexity index is 938. The molecule has 1 N–H and O–H groups in total. The molecule has 0 saturated carbocycles. The van der Waals surface area contributed by atoms with Gasteiger partial charge in [0.25, 0.3) is 0 Å². The van der Waals surface area contributed by atoms with Crippen LogP contribution in [0.15, 0.2) is 42.7 Å². The molecule has 1 fully saturated rings. The molecule has 6 nitrogen and oxygen atoms in total. The van der Waals surface area contributed by atoms with Crippen LogP contribution in [0.3, 0.4) is 0 Å². The largest absolute Gasteiger partial charge is 0.330 e. The van der Waals surface area contributed by atoms with Crippen LogP contribution in [-0.4, -0.2) is 38.6 Å². The van der Waals surface area contributed by atoms with Crippen LogP contribution in [0.4, 0.5) is 10.5 Å². The molecule has 1 saturated heterocycles. The number of aromatic nitrogens is 3.